The van der Waals surface area contributed by atoms with Crippen molar-refractivity contribution in [3.8, 4) is 0 Å². The average Bonchev–Trinajstić information content (AvgIpc) is 2.82. The summed E-state index contributed by atoms with van der Waals surface area (Å²) in [7, 11) is 0. The molecule has 6 nitrogen and oxygen atoms in total. The number of carbonyl (C=O) groups excluding carboxylic acids is 2. The topological polar surface area (TPSA) is 88.4 Å². The van der Waals surface area contributed by atoms with Crippen LogP contribution in [0.5, 0.6) is 0 Å². The number of piperidine rings is 1. The van der Waals surface area contributed by atoms with E-state index < -0.39 is 0 Å². The highest BCUT2D eigenvalue weighted by molar-refractivity contribution is 6.02. The van der Waals surface area contributed by atoms with E-state index in [0.717, 1.165) is 30.5 Å². The highest BCUT2D eigenvalue weighted by atomic mass is 16.5. The minimum absolute atomic E-state index is 0.0117. The molecule has 1 amide bonds. The van der Waals surface area contributed by atoms with Crippen molar-refractivity contribution in [2.24, 2.45) is 5.73 Å². The van der Waals surface area contributed by atoms with Crippen LogP contribution in [-0.4, -0.2) is 53.9 Å². The molecule has 6 heteroatoms. The first kappa shape index (κ1) is 17.7. The number of hydrogen-bond donors (Lipinski definition) is 2. The van der Waals surface area contributed by atoms with Gasteiger partial charge in [0.1, 0.15) is 5.69 Å². The Bertz CT molecular complexity index is 572. The number of nitrogens with one attached hydrogen (secondary N) is 1. The lowest BCUT2D eigenvalue weighted by atomic mass is 10.0. The van der Waals surface area contributed by atoms with Crippen molar-refractivity contribution >= 4 is 11.7 Å². The van der Waals surface area contributed by atoms with Gasteiger partial charge in [0.25, 0.3) is 5.91 Å². The van der Waals surface area contributed by atoms with E-state index in [2.05, 4.69) is 4.98 Å². The molecule has 0 aliphatic carbocycles. The van der Waals surface area contributed by atoms with Gasteiger partial charge in [-0.15, -0.1) is 0 Å². The lowest BCUT2D eigenvalue weighted by Crippen LogP contribution is -2.41. The Morgan fingerprint density at radius 1 is 1.30 bits per heavy atom. The monoisotopic (exact) mass is 321 g/mol. The summed E-state index contributed by atoms with van der Waals surface area (Å²) in [5.41, 5.74) is 8.14. The molecule has 1 aromatic rings. The maximum atomic E-state index is 12.7. The molecule has 1 saturated heterocycles. The molecular weight excluding hydrogens is 294 g/mol. The molecule has 1 aliphatic rings. The minimum Gasteiger partial charge on any atom is -0.378 e. The molecule has 0 aromatic carbocycles. The Balaban J connectivity index is 1.98. The number of aromatic nitrogens is 1. The van der Waals surface area contributed by atoms with E-state index in [1.807, 2.05) is 18.7 Å². The van der Waals surface area contributed by atoms with Gasteiger partial charge in [0.2, 0.25) is 0 Å². The molecule has 0 atom stereocenters. The second-order valence-electron chi connectivity index (χ2n) is 6.19. The highest BCUT2D eigenvalue weighted by Gasteiger charge is 2.27. The van der Waals surface area contributed by atoms with Gasteiger partial charge in [-0.2, -0.15) is 0 Å². The van der Waals surface area contributed by atoms with Gasteiger partial charge in [0, 0.05) is 31.0 Å². The molecule has 0 saturated carbocycles. The van der Waals surface area contributed by atoms with Crippen molar-refractivity contribution in [3.63, 3.8) is 0 Å². The number of aromatic amines is 1. The van der Waals surface area contributed by atoms with Crippen molar-refractivity contribution in [3.05, 3.63) is 22.5 Å². The number of ketones is 1. The summed E-state index contributed by atoms with van der Waals surface area (Å²) < 4.78 is 5.77. The van der Waals surface area contributed by atoms with E-state index in [1.54, 1.807) is 0 Å². The number of ether oxygens (including phenoxy) is 1. The van der Waals surface area contributed by atoms with Gasteiger partial charge < -0.3 is 20.4 Å². The quantitative estimate of drug-likeness (QED) is 0.618. The maximum Gasteiger partial charge on any atom is 0.270 e. The Morgan fingerprint density at radius 3 is 2.48 bits per heavy atom. The van der Waals surface area contributed by atoms with Crippen LogP contribution < -0.4 is 5.73 Å². The summed E-state index contributed by atoms with van der Waals surface area (Å²) in [6, 6.07) is 0. The highest BCUT2D eigenvalue weighted by Crippen LogP contribution is 2.22. The molecule has 2 heterocycles. The summed E-state index contributed by atoms with van der Waals surface area (Å²) in [4.78, 5) is 29.3. The van der Waals surface area contributed by atoms with E-state index in [4.69, 9.17) is 10.5 Å². The number of amides is 1. The molecular formula is C17H27N3O3. The van der Waals surface area contributed by atoms with Crippen LogP contribution in [0.25, 0.3) is 0 Å². The molecule has 1 aliphatic heterocycles. The standard InChI is InChI=1S/C17H27N3O3/c1-11-15(13(3)21)12(2)19-16(11)17(22)20-8-5-14(6-9-20)23-10-4-7-18/h14,19H,4-10,18H2,1-3H3. The predicted molar refractivity (Wildman–Crippen MR) is 88.8 cm³/mol. The fraction of sp³-hybridized carbons (Fsp3) is 0.647. The van der Waals surface area contributed by atoms with Gasteiger partial charge >= 0.3 is 0 Å². The fourth-order valence-electron chi connectivity index (χ4n) is 3.21. The molecule has 1 fully saturated rings. The number of hydrogen-bond acceptors (Lipinski definition) is 4. The van der Waals surface area contributed by atoms with Gasteiger partial charge in [-0.05, 0) is 52.1 Å². The van der Waals surface area contributed by atoms with Gasteiger partial charge in [-0.25, -0.2) is 0 Å². The number of H-pyrrole nitrogens is 1. The lowest BCUT2D eigenvalue weighted by Gasteiger charge is -2.32. The molecule has 128 valence electrons. The summed E-state index contributed by atoms with van der Waals surface area (Å²) in [5.74, 6) is -0.0409. The van der Waals surface area contributed by atoms with Gasteiger partial charge in [-0.3, -0.25) is 9.59 Å². The first-order chi connectivity index (χ1) is 11.0. The minimum atomic E-state index is -0.0292. The second-order valence-corrected chi connectivity index (χ2v) is 6.19. The van der Waals surface area contributed by atoms with Crippen LogP contribution >= 0.6 is 0 Å². The SMILES string of the molecule is CC(=O)c1c(C)[nH]c(C(=O)N2CCC(OCCCN)CC2)c1C. The molecule has 3 N–H and O–H groups in total. The first-order valence-electron chi connectivity index (χ1n) is 8.26. The third-order valence-corrected chi connectivity index (χ3v) is 4.43. The van der Waals surface area contributed by atoms with Crippen LogP contribution in [0.2, 0.25) is 0 Å². The van der Waals surface area contributed by atoms with Crippen molar-refractivity contribution in [1.82, 2.24) is 9.88 Å². The van der Waals surface area contributed by atoms with Gasteiger partial charge in [-0.1, -0.05) is 0 Å². The maximum absolute atomic E-state index is 12.7. The zero-order chi connectivity index (χ0) is 17.0. The third kappa shape index (κ3) is 4.00. The first-order valence-corrected chi connectivity index (χ1v) is 8.26. The fourth-order valence-corrected chi connectivity index (χ4v) is 3.21. The van der Waals surface area contributed by atoms with Crippen LogP contribution in [0.3, 0.4) is 0 Å². The number of Topliss-reactive ketones (excluding diaryl/α,β-unsaturated/α-hetero) is 1. The number of rotatable bonds is 6. The van der Waals surface area contributed by atoms with E-state index in [0.29, 0.717) is 37.5 Å². The largest absolute Gasteiger partial charge is 0.378 e. The summed E-state index contributed by atoms with van der Waals surface area (Å²) >= 11 is 0. The number of nitrogens with zero attached hydrogens (tertiary/aromatic N) is 1. The zero-order valence-electron chi connectivity index (χ0n) is 14.3. The van der Waals surface area contributed by atoms with Gasteiger partial charge in [0.05, 0.1) is 6.10 Å². The number of aryl methyl sites for hydroxylation is 1. The number of nitrogens with two attached hydrogens (primary N) is 1. The van der Waals surface area contributed by atoms with E-state index in [1.165, 1.54) is 6.92 Å². The Labute approximate surface area is 137 Å². The second kappa shape index (κ2) is 7.75. The van der Waals surface area contributed by atoms with Crippen LogP contribution in [-0.2, 0) is 4.74 Å². The molecule has 0 spiro atoms. The molecule has 23 heavy (non-hydrogen) atoms. The lowest BCUT2D eigenvalue weighted by molar-refractivity contribution is 0.00828. The van der Waals surface area contributed by atoms with E-state index >= 15 is 0 Å². The van der Waals surface area contributed by atoms with Crippen molar-refractivity contribution in [2.45, 2.75) is 46.1 Å². The zero-order valence-corrected chi connectivity index (χ0v) is 14.3. The normalized spacial score (nSPS) is 15.9. The molecule has 0 unspecified atom stereocenters. The Morgan fingerprint density at radius 2 is 1.96 bits per heavy atom. The Hall–Kier alpha value is -1.66. The number of carbonyl (C=O) groups is 2. The van der Waals surface area contributed by atoms with Crippen molar-refractivity contribution in [1.29, 1.82) is 0 Å². The number of likely N-dealkylation sites (tertiary alicyclic amines) is 1. The predicted octanol–water partition coefficient (Wildman–Crippen LogP) is 1.80. The molecule has 2 rings (SSSR count). The van der Waals surface area contributed by atoms with Crippen LogP contribution in [0.15, 0.2) is 0 Å². The van der Waals surface area contributed by atoms with Crippen molar-refractivity contribution < 1.29 is 14.3 Å². The molecule has 0 radical (unpaired) electrons. The van der Waals surface area contributed by atoms with Crippen LogP contribution in [0.4, 0.5) is 0 Å². The third-order valence-electron chi connectivity index (χ3n) is 4.43. The van der Waals surface area contributed by atoms with E-state index in [9.17, 15) is 9.59 Å². The summed E-state index contributed by atoms with van der Waals surface area (Å²) in [5, 5.41) is 0. The molecule has 1 aromatic heterocycles. The average molecular weight is 321 g/mol. The molecule has 0 bridgehead atoms. The summed E-state index contributed by atoms with van der Waals surface area (Å²) in [6.45, 7) is 7.88. The summed E-state index contributed by atoms with van der Waals surface area (Å²) in [6.07, 6.45) is 2.77. The van der Waals surface area contributed by atoms with E-state index in [-0.39, 0.29) is 17.8 Å². The van der Waals surface area contributed by atoms with Crippen LogP contribution in [0.1, 0.15) is 58.3 Å². The smallest absolute Gasteiger partial charge is 0.270 e. The van der Waals surface area contributed by atoms with Crippen LogP contribution in [0, 0.1) is 13.8 Å². The van der Waals surface area contributed by atoms with Gasteiger partial charge in [0.15, 0.2) is 5.78 Å². The Kier molecular flexibility index (Phi) is 5.96. The van der Waals surface area contributed by atoms with Crippen molar-refractivity contribution in [2.75, 3.05) is 26.2 Å².